The van der Waals surface area contributed by atoms with Gasteiger partial charge in [0.2, 0.25) is 5.13 Å². The molecule has 0 bridgehead atoms. The minimum atomic E-state index is 0.471. The number of hydrogen-bond acceptors (Lipinski definition) is 5. The normalized spacial score (nSPS) is 12.9. The van der Waals surface area contributed by atoms with E-state index in [2.05, 4.69) is 47.3 Å². The fourth-order valence-corrected chi connectivity index (χ4v) is 2.66. The second-order valence-corrected chi connectivity index (χ2v) is 5.34. The number of rotatable bonds is 9. The van der Waals surface area contributed by atoms with Crippen LogP contribution in [0.5, 0.6) is 0 Å². The van der Waals surface area contributed by atoms with E-state index in [9.17, 15) is 0 Å². The van der Waals surface area contributed by atoms with Crippen molar-refractivity contribution in [2.45, 2.75) is 53.0 Å². The second kappa shape index (κ2) is 8.43. The number of aromatic nitrogens is 2. The highest BCUT2D eigenvalue weighted by atomic mass is 32.1. The molecule has 1 rings (SSSR count). The Bertz CT molecular complexity index is 323. The summed E-state index contributed by atoms with van der Waals surface area (Å²) in [6.07, 6.45) is 3.32. The quantitative estimate of drug-likeness (QED) is 0.749. The van der Waals surface area contributed by atoms with Crippen molar-refractivity contribution < 1.29 is 0 Å². The molecule has 0 aromatic carbocycles. The first-order valence-electron chi connectivity index (χ1n) is 7.01. The highest BCUT2D eigenvalue weighted by Gasteiger charge is 2.07. The van der Waals surface area contributed by atoms with E-state index < -0.39 is 0 Å². The Morgan fingerprint density at radius 3 is 2.56 bits per heavy atom. The molecule has 4 nitrogen and oxygen atoms in total. The lowest BCUT2D eigenvalue weighted by Crippen LogP contribution is -2.25. The molecular weight excluding hydrogens is 244 g/mol. The van der Waals surface area contributed by atoms with Crippen molar-refractivity contribution in [1.29, 1.82) is 0 Å². The van der Waals surface area contributed by atoms with Crippen LogP contribution in [0.2, 0.25) is 0 Å². The lowest BCUT2D eigenvalue weighted by Gasteiger charge is -2.19. The Balaban J connectivity index is 2.22. The van der Waals surface area contributed by atoms with E-state index in [1.807, 2.05) is 0 Å². The summed E-state index contributed by atoms with van der Waals surface area (Å²) in [7, 11) is 0. The molecule has 1 aromatic heterocycles. The van der Waals surface area contributed by atoms with Crippen LogP contribution in [-0.2, 0) is 6.42 Å². The van der Waals surface area contributed by atoms with Gasteiger partial charge in [0.25, 0.3) is 0 Å². The first-order chi connectivity index (χ1) is 8.69. The van der Waals surface area contributed by atoms with Crippen LogP contribution < -0.4 is 5.32 Å². The van der Waals surface area contributed by atoms with E-state index in [1.165, 1.54) is 30.9 Å². The van der Waals surface area contributed by atoms with E-state index in [-0.39, 0.29) is 0 Å². The predicted molar refractivity (Wildman–Crippen MR) is 79.4 cm³/mol. The Hall–Kier alpha value is -0.680. The van der Waals surface area contributed by atoms with Crippen LogP contribution in [0.3, 0.4) is 0 Å². The summed E-state index contributed by atoms with van der Waals surface area (Å²) in [4.78, 5) is 6.90. The molecular formula is C13H26N4S. The van der Waals surface area contributed by atoms with Gasteiger partial charge in [0, 0.05) is 24.0 Å². The van der Waals surface area contributed by atoms with Gasteiger partial charge in [0.05, 0.1) is 0 Å². The minimum Gasteiger partial charge on any atom is -0.358 e. The van der Waals surface area contributed by atoms with Crippen molar-refractivity contribution in [3.8, 4) is 0 Å². The van der Waals surface area contributed by atoms with Crippen LogP contribution in [0, 0.1) is 0 Å². The number of aryl methyl sites for hydroxylation is 1. The molecule has 1 aromatic rings. The average Bonchev–Trinajstić information content (AvgIpc) is 2.82. The fraction of sp³-hybridized carbons (Fsp3) is 0.846. The summed E-state index contributed by atoms with van der Waals surface area (Å²) in [6, 6.07) is 0.471. The summed E-state index contributed by atoms with van der Waals surface area (Å²) >= 11 is 1.47. The maximum atomic E-state index is 4.43. The molecule has 5 heteroatoms. The van der Waals surface area contributed by atoms with Gasteiger partial charge in [0.15, 0.2) is 0 Å². The van der Waals surface area contributed by atoms with Gasteiger partial charge < -0.3 is 10.2 Å². The van der Waals surface area contributed by atoms with Crippen LogP contribution in [-0.4, -0.2) is 39.9 Å². The summed E-state index contributed by atoms with van der Waals surface area (Å²) in [5.41, 5.74) is 0. The Labute approximate surface area is 115 Å². The molecule has 0 radical (unpaired) electrons. The van der Waals surface area contributed by atoms with Crippen molar-refractivity contribution in [2.24, 2.45) is 0 Å². The van der Waals surface area contributed by atoms with E-state index >= 15 is 0 Å². The number of nitrogens with one attached hydrogen (secondary N) is 1. The molecule has 0 aliphatic rings. The third-order valence-electron chi connectivity index (χ3n) is 3.16. The van der Waals surface area contributed by atoms with Gasteiger partial charge in [-0.05, 0) is 39.4 Å². The lowest BCUT2D eigenvalue weighted by atomic mass is 10.2. The van der Waals surface area contributed by atoms with Crippen LogP contribution in [0.25, 0.3) is 0 Å². The van der Waals surface area contributed by atoms with Crippen LogP contribution in [0.4, 0.5) is 5.13 Å². The van der Waals surface area contributed by atoms with E-state index in [0.717, 1.165) is 30.5 Å². The zero-order valence-corrected chi connectivity index (χ0v) is 12.9. The van der Waals surface area contributed by atoms with Crippen LogP contribution >= 0.6 is 11.5 Å². The molecule has 0 amide bonds. The Morgan fingerprint density at radius 1 is 1.28 bits per heavy atom. The topological polar surface area (TPSA) is 41.1 Å². The zero-order valence-electron chi connectivity index (χ0n) is 12.1. The summed E-state index contributed by atoms with van der Waals surface area (Å²) < 4.78 is 4.28. The third-order valence-corrected chi connectivity index (χ3v) is 3.84. The standard InChI is InChI=1S/C13H26N4S/c1-5-12-15-13(18-16-12)14-11(4)9-8-10-17(6-2)7-3/h11H,5-10H2,1-4H3,(H,14,15,16). The molecule has 1 heterocycles. The lowest BCUT2D eigenvalue weighted by molar-refractivity contribution is 0.295. The summed E-state index contributed by atoms with van der Waals surface area (Å²) in [6.45, 7) is 12.2. The van der Waals surface area contributed by atoms with Gasteiger partial charge in [-0.25, -0.2) is 4.98 Å². The molecule has 0 saturated heterocycles. The van der Waals surface area contributed by atoms with Gasteiger partial charge in [-0.15, -0.1) is 0 Å². The molecule has 1 atom stereocenters. The maximum absolute atomic E-state index is 4.43. The van der Waals surface area contributed by atoms with Crippen molar-refractivity contribution in [2.75, 3.05) is 25.0 Å². The van der Waals surface area contributed by atoms with E-state index in [1.54, 1.807) is 0 Å². The number of hydrogen-bond donors (Lipinski definition) is 1. The zero-order chi connectivity index (χ0) is 13.4. The van der Waals surface area contributed by atoms with Gasteiger partial charge in [-0.3, -0.25) is 0 Å². The van der Waals surface area contributed by atoms with Crippen LogP contribution in [0.15, 0.2) is 0 Å². The predicted octanol–water partition coefficient (Wildman–Crippen LogP) is 3.02. The largest absolute Gasteiger partial charge is 0.358 e. The Morgan fingerprint density at radius 2 is 2.00 bits per heavy atom. The van der Waals surface area contributed by atoms with Crippen LogP contribution in [0.1, 0.15) is 46.4 Å². The molecule has 104 valence electrons. The average molecular weight is 270 g/mol. The smallest absolute Gasteiger partial charge is 0.202 e. The van der Waals surface area contributed by atoms with Gasteiger partial charge >= 0.3 is 0 Å². The van der Waals surface area contributed by atoms with Gasteiger partial charge in [-0.2, -0.15) is 4.37 Å². The number of nitrogens with zero attached hydrogens (tertiary/aromatic N) is 3. The minimum absolute atomic E-state index is 0.471. The van der Waals surface area contributed by atoms with Crippen molar-refractivity contribution in [3.05, 3.63) is 5.82 Å². The van der Waals surface area contributed by atoms with E-state index in [4.69, 9.17) is 0 Å². The van der Waals surface area contributed by atoms with Crippen molar-refractivity contribution in [3.63, 3.8) is 0 Å². The monoisotopic (exact) mass is 270 g/mol. The summed E-state index contributed by atoms with van der Waals surface area (Å²) in [5.74, 6) is 0.942. The molecule has 0 spiro atoms. The molecule has 0 fully saturated rings. The summed E-state index contributed by atoms with van der Waals surface area (Å²) in [5, 5.41) is 4.39. The van der Waals surface area contributed by atoms with Gasteiger partial charge in [-0.1, -0.05) is 20.8 Å². The highest BCUT2D eigenvalue weighted by molar-refractivity contribution is 7.09. The molecule has 1 N–H and O–H groups in total. The Kier molecular flexibility index (Phi) is 7.20. The number of anilines is 1. The molecule has 0 saturated carbocycles. The third kappa shape index (κ3) is 5.31. The first-order valence-corrected chi connectivity index (χ1v) is 7.78. The molecule has 0 aliphatic heterocycles. The van der Waals surface area contributed by atoms with Crippen molar-refractivity contribution in [1.82, 2.24) is 14.3 Å². The maximum Gasteiger partial charge on any atom is 0.202 e. The van der Waals surface area contributed by atoms with E-state index in [0.29, 0.717) is 6.04 Å². The van der Waals surface area contributed by atoms with Crippen molar-refractivity contribution >= 4 is 16.7 Å². The second-order valence-electron chi connectivity index (χ2n) is 4.58. The SMILES string of the molecule is CCc1nsc(NC(C)CCCN(CC)CC)n1. The van der Waals surface area contributed by atoms with Gasteiger partial charge in [0.1, 0.15) is 5.82 Å². The molecule has 18 heavy (non-hydrogen) atoms. The molecule has 0 aliphatic carbocycles. The first kappa shape index (κ1) is 15.4. The highest BCUT2D eigenvalue weighted by Crippen LogP contribution is 2.14. The molecule has 1 unspecified atom stereocenters. The fourth-order valence-electron chi connectivity index (χ4n) is 1.90.